The average Bonchev–Trinajstić information content (AvgIpc) is 3.07. The van der Waals surface area contributed by atoms with Crippen molar-refractivity contribution < 1.29 is 13.2 Å². The van der Waals surface area contributed by atoms with Crippen molar-refractivity contribution in [3.63, 3.8) is 0 Å². The fourth-order valence-corrected chi connectivity index (χ4v) is 4.57. The van der Waals surface area contributed by atoms with Gasteiger partial charge >= 0.3 is 0 Å². The number of rotatable bonds is 7. The Hall–Kier alpha value is -2.23. The number of carbonyl (C=O) groups excluding carboxylic acids is 1. The molecule has 1 heterocycles. The Balaban J connectivity index is 1.72. The molecule has 3 rings (SSSR count). The van der Waals surface area contributed by atoms with Crippen LogP contribution in [-0.2, 0) is 21.4 Å². The largest absolute Gasteiger partial charge is 0.345 e. The number of fused-ring (bicyclic) bond motifs is 1. The van der Waals surface area contributed by atoms with E-state index in [1.807, 2.05) is 42.7 Å². The van der Waals surface area contributed by atoms with Crippen LogP contribution < -0.4 is 5.32 Å². The summed E-state index contributed by atoms with van der Waals surface area (Å²) < 4.78 is 29.2. The third kappa shape index (κ3) is 4.52. The number of hydrogen-bond donors (Lipinski definition) is 1. The van der Waals surface area contributed by atoms with E-state index >= 15 is 0 Å². The predicted molar refractivity (Wildman–Crippen MR) is 116 cm³/mol. The molecule has 0 spiro atoms. The molecule has 1 aromatic heterocycles. The zero-order valence-electron chi connectivity index (χ0n) is 16.5. The van der Waals surface area contributed by atoms with Crippen molar-refractivity contribution in [3.05, 3.63) is 58.8 Å². The zero-order chi connectivity index (χ0) is 21.2. The molecular formula is C20H23BrN4O3S. The zero-order valence-corrected chi connectivity index (χ0v) is 18.9. The second-order valence-corrected chi connectivity index (χ2v) is 9.67. The summed E-state index contributed by atoms with van der Waals surface area (Å²) in [5, 5.41) is 2.86. The molecule has 0 aliphatic carbocycles. The number of aromatic nitrogens is 2. The maximum atomic E-state index is 12.7. The van der Waals surface area contributed by atoms with Gasteiger partial charge in [-0.25, -0.2) is 13.4 Å². The van der Waals surface area contributed by atoms with Gasteiger partial charge in [-0.05, 0) is 50.2 Å². The van der Waals surface area contributed by atoms with Crippen molar-refractivity contribution in [1.29, 1.82) is 0 Å². The van der Waals surface area contributed by atoms with E-state index in [2.05, 4.69) is 26.2 Å². The number of aryl methyl sites for hydroxylation is 1. The summed E-state index contributed by atoms with van der Waals surface area (Å²) in [7, 11) is -2.36. The van der Waals surface area contributed by atoms with Crippen molar-refractivity contribution in [3.8, 4) is 0 Å². The predicted octanol–water partition coefficient (Wildman–Crippen LogP) is 3.32. The quantitative estimate of drug-likeness (QED) is 0.564. The number of hydrogen-bond acceptors (Lipinski definition) is 4. The number of para-hydroxylation sites is 2. The molecule has 3 aromatic rings. The van der Waals surface area contributed by atoms with E-state index in [9.17, 15) is 13.2 Å². The SMILES string of the molecule is CCn1c(C(C)NC(=O)CN(C)S(=O)(=O)c2ccc(Br)cc2)nc2ccccc21. The number of imidazole rings is 1. The molecule has 0 saturated carbocycles. The van der Waals surface area contributed by atoms with Crippen LogP contribution in [0.3, 0.4) is 0 Å². The van der Waals surface area contributed by atoms with E-state index in [1.165, 1.54) is 19.2 Å². The number of sulfonamides is 1. The van der Waals surface area contributed by atoms with Gasteiger partial charge in [-0.15, -0.1) is 0 Å². The van der Waals surface area contributed by atoms with Gasteiger partial charge in [-0.3, -0.25) is 4.79 Å². The Morgan fingerprint density at radius 3 is 2.52 bits per heavy atom. The molecule has 0 aliphatic heterocycles. The van der Waals surface area contributed by atoms with Gasteiger partial charge in [-0.1, -0.05) is 28.1 Å². The minimum absolute atomic E-state index is 0.136. The second-order valence-electron chi connectivity index (χ2n) is 6.71. The highest BCUT2D eigenvalue weighted by Gasteiger charge is 2.24. The first-order chi connectivity index (χ1) is 13.7. The van der Waals surface area contributed by atoms with E-state index in [0.29, 0.717) is 6.54 Å². The smallest absolute Gasteiger partial charge is 0.243 e. The highest BCUT2D eigenvalue weighted by molar-refractivity contribution is 9.10. The van der Waals surface area contributed by atoms with Crippen LogP contribution in [0.4, 0.5) is 0 Å². The molecule has 0 bridgehead atoms. The van der Waals surface area contributed by atoms with E-state index in [4.69, 9.17) is 0 Å². The summed E-state index contributed by atoms with van der Waals surface area (Å²) >= 11 is 3.28. The van der Waals surface area contributed by atoms with Crippen LogP contribution in [0.15, 0.2) is 57.9 Å². The first-order valence-electron chi connectivity index (χ1n) is 9.20. The number of carbonyl (C=O) groups is 1. The van der Waals surface area contributed by atoms with Gasteiger partial charge in [0.2, 0.25) is 15.9 Å². The van der Waals surface area contributed by atoms with Crippen LogP contribution in [0.1, 0.15) is 25.7 Å². The molecule has 7 nitrogen and oxygen atoms in total. The number of amides is 1. The van der Waals surface area contributed by atoms with Gasteiger partial charge in [0, 0.05) is 18.1 Å². The average molecular weight is 479 g/mol. The molecule has 1 N–H and O–H groups in total. The van der Waals surface area contributed by atoms with Crippen LogP contribution in [0.2, 0.25) is 0 Å². The highest BCUT2D eigenvalue weighted by atomic mass is 79.9. The Morgan fingerprint density at radius 1 is 1.21 bits per heavy atom. The monoisotopic (exact) mass is 478 g/mol. The first kappa shape index (κ1) is 21.5. The Morgan fingerprint density at radius 2 is 1.86 bits per heavy atom. The molecule has 0 radical (unpaired) electrons. The van der Waals surface area contributed by atoms with Gasteiger partial charge in [0.25, 0.3) is 0 Å². The van der Waals surface area contributed by atoms with Crippen LogP contribution in [0.25, 0.3) is 11.0 Å². The molecule has 0 aliphatic rings. The van der Waals surface area contributed by atoms with Gasteiger partial charge in [0.05, 0.1) is 28.5 Å². The molecule has 0 fully saturated rings. The van der Waals surface area contributed by atoms with E-state index in [-0.39, 0.29) is 17.5 Å². The minimum atomic E-state index is -3.75. The first-order valence-corrected chi connectivity index (χ1v) is 11.4. The Bertz CT molecular complexity index is 1130. The van der Waals surface area contributed by atoms with Gasteiger partial charge < -0.3 is 9.88 Å². The number of nitrogens with one attached hydrogen (secondary N) is 1. The molecular weight excluding hydrogens is 456 g/mol. The molecule has 1 amide bonds. The van der Waals surface area contributed by atoms with Gasteiger partial charge in [-0.2, -0.15) is 4.31 Å². The highest BCUT2D eigenvalue weighted by Crippen LogP contribution is 2.21. The molecule has 9 heteroatoms. The minimum Gasteiger partial charge on any atom is -0.345 e. The lowest BCUT2D eigenvalue weighted by Crippen LogP contribution is -2.39. The van der Waals surface area contributed by atoms with Crippen molar-refractivity contribution in [2.75, 3.05) is 13.6 Å². The maximum absolute atomic E-state index is 12.7. The Labute approximate surface area is 178 Å². The number of benzene rings is 2. The number of halogens is 1. The van der Waals surface area contributed by atoms with Crippen molar-refractivity contribution in [2.24, 2.45) is 0 Å². The maximum Gasteiger partial charge on any atom is 0.243 e. The van der Waals surface area contributed by atoms with E-state index in [1.54, 1.807) is 12.1 Å². The summed E-state index contributed by atoms with van der Waals surface area (Å²) in [6, 6.07) is 13.7. The standard InChI is InChI=1S/C20H23BrN4O3S/c1-4-25-18-8-6-5-7-17(18)23-20(25)14(2)22-19(26)13-24(3)29(27,28)16-11-9-15(21)10-12-16/h5-12,14H,4,13H2,1-3H3,(H,22,26). The van der Waals surface area contributed by atoms with Crippen LogP contribution in [-0.4, -0.2) is 41.8 Å². The topological polar surface area (TPSA) is 84.3 Å². The summed E-state index contributed by atoms with van der Waals surface area (Å²) in [6.07, 6.45) is 0. The summed E-state index contributed by atoms with van der Waals surface area (Å²) in [5.74, 6) is 0.343. The summed E-state index contributed by atoms with van der Waals surface area (Å²) in [4.78, 5) is 17.3. The van der Waals surface area contributed by atoms with Crippen molar-refractivity contribution in [1.82, 2.24) is 19.2 Å². The normalized spacial score (nSPS) is 13.0. The van der Waals surface area contributed by atoms with Crippen molar-refractivity contribution >= 4 is 42.9 Å². The third-order valence-corrected chi connectivity index (χ3v) is 7.00. The second kappa shape index (κ2) is 8.64. The fraction of sp³-hybridized carbons (Fsp3) is 0.300. The summed E-state index contributed by atoms with van der Waals surface area (Å²) in [6.45, 7) is 4.29. The molecule has 0 saturated heterocycles. The molecule has 1 atom stereocenters. The molecule has 154 valence electrons. The van der Waals surface area contributed by atoms with Crippen molar-refractivity contribution in [2.45, 2.75) is 31.3 Å². The van der Waals surface area contributed by atoms with Gasteiger partial charge in [0.15, 0.2) is 0 Å². The molecule has 1 unspecified atom stereocenters. The van der Waals surface area contributed by atoms with E-state index < -0.39 is 15.9 Å². The van der Waals surface area contributed by atoms with Crippen LogP contribution >= 0.6 is 15.9 Å². The lowest BCUT2D eigenvalue weighted by atomic mass is 10.3. The van der Waals surface area contributed by atoms with E-state index in [0.717, 1.165) is 25.6 Å². The van der Waals surface area contributed by atoms with Gasteiger partial charge in [0.1, 0.15) is 5.82 Å². The lowest BCUT2D eigenvalue weighted by molar-refractivity contribution is -0.121. The fourth-order valence-electron chi connectivity index (χ4n) is 3.18. The Kier molecular flexibility index (Phi) is 6.40. The summed E-state index contributed by atoms with van der Waals surface area (Å²) in [5.41, 5.74) is 1.86. The molecule has 2 aromatic carbocycles. The number of nitrogens with zero attached hydrogens (tertiary/aromatic N) is 3. The number of likely N-dealkylation sites (N-methyl/N-ethyl adjacent to an activating group) is 1. The van der Waals surface area contributed by atoms with Crippen LogP contribution in [0, 0.1) is 0 Å². The molecule has 29 heavy (non-hydrogen) atoms. The third-order valence-electron chi connectivity index (χ3n) is 4.65. The van der Waals surface area contributed by atoms with Crippen LogP contribution in [0.5, 0.6) is 0 Å². The lowest BCUT2D eigenvalue weighted by Gasteiger charge is -2.19.